The maximum absolute atomic E-state index is 10.8. The van der Waals surface area contributed by atoms with Crippen molar-refractivity contribution in [3.63, 3.8) is 0 Å². The van der Waals surface area contributed by atoms with E-state index in [0.29, 0.717) is 22.3 Å². The van der Waals surface area contributed by atoms with Gasteiger partial charge in [0.2, 0.25) is 0 Å². The number of benzene rings is 3. The fraction of sp³-hybridized carbons (Fsp3) is 0.222. The third-order valence-electron chi connectivity index (χ3n) is 6.42. The second-order valence-corrected chi connectivity index (χ2v) is 8.86. The Morgan fingerprint density at radius 1 is 0.912 bits per heavy atom. The van der Waals surface area contributed by atoms with Crippen molar-refractivity contribution in [3.8, 4) is 5.88 Å². The van der Waals surface area contributed by atoms with E-state index in [1.54, 1.807) is 18.2 Å². The lowest BCUT2D eigenvalue weighted by Crippen LogP contribution is -2.29. The number of hydrogen-bond acceptors (Lipinski definition) is 5. The SMILES string of the molecule is OB(O)c1ccc2c(C(=Nc3ccc(CN4CCCCC4)cc3)c3ccccc3)c(O)[nH]c2c1. The molecule has 4 aromatic rings. The number of likely N-dealkylation sites (tertiary alicyclic amines) is 1. The number of aromatic nitrogens is 1. The lowest BCUT2D eigenvalue weighted by atomic mass is 9.80. The Morgan fingerprint density at radius 3 is 2.35 bits per heavy atom. The molecule has 2 heterocycles. The Bertz CT molecular complexity index is 1290. The largest absolute Gasteiger partial charge is 0.494 e. The normalized spacial score (nSPS) is 15.1. The smallest absolute Gasteiger partial charge is 0.488 e. The number of hydrogen-bond donors (Lipinski definition) is 4. The number of nitrogens with one attached hydrogen (secondary N) is 1. The first-order valence-electron chi connectivity index (χ1n) is 11.7. The molecule has 172 valence electrons. The third-order valence-corrected chi connectivity index (χ3v) is 6.42. The van der Waals surface area contributed by atoms with Crippen LogP contribution in [0.15, 0.2) is 77.8 Å². The molecule has 7 heteroatoms. The van der Waals surface area contributed by atoms with Crippen LogP contribution in [0.2, 0.25) is 0 Å². The van der Waals surface area contributed by atoms with Gasteiger partial charge in [-0.25, -0.2) is 4.99 Å². The van der Waals surface area contributed by atoms with Gasteiger partial charge in [0.05, 0.1) is 17.0 Å². The highest BCUT2D eigenvalue weighted by Crippen LogP contribution is 2.31. The molecule has 3 aromatic carbocycles. The van der Waals surface area contributed by atoms with Crippen LogP contribution < -0.4 is 5.46 Å². The lowest BCUT2D eigenvalue weighted by molar-refractivity contribution is 0.221. The molecule has 0 atom stereocenters. The van der Waals surface area contributed by atoms with Crippen LogP contribution in [0, 0.1) is 0 Å². The van der Waals surface area contributed by atoms with Crippen LogP contribution in [0.4, 0.5) is 5.69 Å². The monoisotopic (exact) mass is 453 g/mol. The van der Waals surface area contributed by atoms with Gasteiger partial charge in [0.1, 0.15) is 0 Å². The van der Waals surface area contributed by atoms with Crippen molar-refractivity contribution in [2.24, 2.45) is 4.99 Å². The Kier molecular flexibility index (Phi) is 6.49. The van der Waals surface area contributed by atoms with Crippen molar-refractivity contribution in [1.29, 1.82) is 0 Å². The number of aromatic amines is 1. The molecule has 0 radical (unpaired) electrons. The molecule has 5 rings (SSSR count). The second-order valence-electron chi connectivity index (χ2n) is 8.86. The zero-order chi connectivity index (χ0) is 23.5. The maximum atomic E-state index is 10.8. The van der Waals surface area contributed by atoms with E-state index in [-0.39, 0.29) is 5.88 Å². The van der Waals surface area contributed by atoms with Gasteiger partial charge in [0, 0.05) is 23.0 Å². The molecule has 0 bridgehead atoms. The van der Waals surface area contributed by atoms with Crippen molar-refractivity contribution in [2.45, 2.75) is 25.8 Å². The summed E-state index contributed by atoms with van der Waals surface area (Å²) >= 11 is 0. The molecule has 6 nitrogen and oxygen atoms in total. The molecule has 34 heavy (non-hydrogen) atoms. The van der Waals surface area contributed by atoms with Crippen molar-refractivity contribution in [2.75, 3.05) is 13.1 Å². The fourth-order valence-corrected chi connectivity index (χ4v) is 4.64. The van der Waals surface area contributed by atoms with Gasteiger partial charge >= 0.3 is 7.12 Å². The van der Waals surface area contributed by atoms with Crippen LogP contribution in [-0.4, -0.2) is 51.0 Å². The summed E-state index contributed by atoms with van der Waals surface area (Å²) in [5.41, 5.74) is 5.14. The van der Waals surface area contributed by atoms with E-state index >= 15 is 0 Å². The molecule has 1 saturated heterocycles. The molecular weight excluding hydrogens is 425 g/mol. The molecule has 1 aliphatic rings. The Labute approximate surface area is 199 Å². The maximum Gasteiger partial charge on any atom is 0.488 e. The van der Waals surface area contributed by atoms with Crippen LogP contribution in [-0.2, 0) is 6.54 Å². The van der Waals surface area contributed by atoms with Gasteiger partial charge in [0.25, 0.3) is 0 Å². The number of nitrogens with zero attached hydrogens (tertiary/aromatic N) is 2. The molecule has 0 aliphatic carbocycles. The number of rotatable bonds is 6. The first-order valence-corrected chi connectivity index (χ1v) is 11.7. The highest BCUT2D eigenvalue weighted by molar-refractivity contribution is 6.58. The van der Waals surface area contributed by atoms with Gasteiger partial charge in [0.15, 0.2) is 5.88 Å². The standard InChI is InChI=1S/C27H28BN3O3/c32-27-25(23-14-11-21(28(33)34)17-24(23)30-27)26(20-7-3-1-4-8-20)29-22-12-9-19(10-13-22)18-31-15-5-2-6-16-31/h1,3-4,7-14,17,30,32-34H,2,5-6,15-16,18H2. The van der Waals surface area contributed by atoms with Crippen LogP contribution in [0.5, 0.6) is 5.88 Å². The fourth-order valence-electron chi connectivity index (χ4n) is 4.64. The van der Waals surface area contributed by atoms with Crippen molar-refractivity contribution in [3.05, 3.63) is 89.5 Å². The molecule has 1 aromatic heterocycles. The summed E-state index contributed by atoms with van der Waals surface area (Å²) in [5.74, 6) is -0.0103. The number of aromatic hydroxyl groups is 1. The summed E-state index contributed by atoms with van der Waals surface area (Å²) in [5, 5.41) is 30.6. The summed E-state index contributed by atoms with van der Waals surface area (Å²) in [4.78, 5) is 10.4. The Morgan fingerprint density at radius 2 is 1.65 bits per heavy atom. The number of H-pyrrole nitrogens is 1. The van der Waals surface area contributed by atoms with E-state index < -0.39 is 7.12 Å². The average molecular weight is 453 g/mol. The zero-order valence-corrected chi connectivity index (χ0v) is 19.0. The van der Waals surface area contributed by atoms with Gasteiger partial charge in [-0.2, -0.15) is 0 Å². The molecule has 0 amide bonds. The molecule has 1 fully saturated rings. The first-order chi connectivity index (χ1) is 16.6. The molecule has 0 unspecified atom stereocenters. The van der Waals surface area contributed by atoms with E-state index in [9.17, 15) is 15.2 Å². The molecule has 1 aliphatic heterocycles. The lowest BCUT2D eigenvalue weighted by Gasteiger charge is -2.26. The molecule has 4 N–H and O–H groups in total. The number of piperidine rings is 1. The highest BCUT2D eigenvalue weighted by Gasteiger charge is 2.20. The van der Waals surface area contributed by atoms with Crippen molar-refractivity contribution >= 4 is 34.9 Å². The minimum atomic E-state index is -1.58. The number of aliphatic imine (C=N–C) groups is 1. The van der Waals surface area contributed by atoms with Crippen LogP contribution in [0.25, 0.3) is 10.9 Å². The average Bonchev–Trinajstić information content (AvgIpc) is 3.19. The zero-order valence-electron chi connectivity index (χ0n) is 19.0. The predicted molar refractivity (Wildman–Crippen MR) is 137 cm³/mol. The van der Waals surface area contributed by atoms with E-state index in [0.717, 1.165) is 36.3 Å². The van der Waals surface area contributed by atoms with Gasteiger partial charge in [-0.3, -0.25) is 4.90 Å². The Balaban J connectivity index is 1.53. The summed E-state index contributed by atoms with van der Waals surface area (Å²) in [7, 11) is -1.58. The quantitative estimate of drug-likeness (QED) is 0.265. The van der Waals surface area contributed by atoms with Crippen LogP contribution >= 0.6 is 0 Å². The summed E-state index contributed by atoms with van der Waals surface area (Å²) < 4.78 is 0. The van der Waals surface area contributed by atoms with E-state index in [4.69, 9.17) is 4.99 Å². The molecule has 0 saturated carbocycles. The van der Waals surface area contributed by atoms with Gasteiger partial charge in [-0.15, -0.1) is 0 Å². The van der Waals surface area contributed by atoms with E-state index in [2.05, 4.69) is 22.0 Å². The molecular formula is C27H28BN3O3. The minimum Gasteiger partial charge on any atom is -0.494 e. The summed E-state index contributed by atoms with van der Waals surface area (Å²) in [6.45, 7) is 3.28. The van der Waals surface area contributed by atoms with Crippen LogP contribution in [0.1, 0.15) is 36.0 Å². The van der Waals surface area contributed by atoms with Gasteiger partial charge in [-0.1, -0.05) is 61.0 Å². The van der Waals surface area contributed by atoms with Crippen molar-refractivity contribution in [1.82, 2.24) is 9.88 Å². The molecule has 0 spiro atoms. The number of fused-ring (bicyclic) bond motifs is 1. The van der Waals surface area contributed by atoms with Crippen molar-refractivity contribution < 1.29 is 15.2 Å². The highest BCUT2D eigenvalue weighted by atomic mass is 16.4. The Hall–Kier alpha value is -3.39. The third kappa shape index (κ3) is 4.77. The second kappa shape index (κ2) is 9.85. The first kappa shape index (κ1) is 22.4. The topological polar surface area (TPSA) is 92.1 Å². The van der Waals surface area contributed by atoms with E-state index in [1.165, 1.54) is 24.8 Å². The van der Waals surface area contributed by atoms with E-state index in [1.807, 2.05) is 42.5 Å². The summed E-state index contributed by atoms with van der Waals surface area (Å²) in [6, 6.07) is 23.1. The van der Waals surface area contributed by atoms with Crippen LogP contribution in [0.3, 0.4) is 0 Å². The van der Waals surface area contributed by atoms with Gasteiger partial charge in [-0.05, 0) is 55.2 Å². The minimum absolute atomic E-state index is 0.0103. The predicted octanol–water partition coefficient (Wildman–Crippen LogP) is 3.71. The van der Waals surface area contributed by atoms with Gasteiger partial charge < -0.3 is 20.1 Å². The summed E-state index contributed by atoms with van der Waals surface area (Å²) in [6.07, 6.45) is 3.88.